The molecule has 0 aromatic carbocycles. The summed E-state index contributed by atoms with van der Waals surface area (Å²) in [6.07, 6.45) is 2.39. The fraction of sp³-hybridized carbons (Fsp3) is 0.909. The van der Waals surface area contributed by atoms with Gasteiger partial charge >= 0.3 is 0 Å². The van der Waals surface area contributed by atoms with Crippen LogP contribution < -0.4 is 5.32 Å². The summed E-state index contributed by atoms with van der Waals surface area (Å²) in [5, 5.41) is 3.08. The third-order valence-electron chi connectivity index (χ3n) is 2.77. The van der Waals surface area contributed by atoms with Crippen molar-refractivity contribution < 1.29 is 9.53 Å². The van der Waals surface area contributed by atoms with Crippen molar-refractivity contribution in [2.45, 2.75) is 19.8 Å². The Kier molecular flexibility index (Phi) is 5.65. The summed E-state index contributed by atoms with van der Waals surface area (Å²) < 4.78 is 4.90. The Labute approximate surface area is 92.0 Å². The molecular formula is C11H22N2O2. The number of hydrogen-bond donors (Lipinski definition) is 1. The molecule has 0 aromatic rings. The zero-order valence-corrected chi connectivity index (χ0v) is 9.79. The molecule has 1 N–H and O–H groups in total. The summed E-state index contributed by atoms with van der Waals surface area (Å²) in [5.41, 5.74) is 0. The molecule has 1 heterocycles. The Morgan fingerprint density at radius 3 is 3.07 bits per heavy atom. The maximum atomic E-state index is 11.7. The summed E-state index contributed by atoms with van der Waals surface area (Å²) in [7, 11) is 1.66. The van der Waals surface area contributed by atoms with Crippen molar-refractivity contribution in [3.63, 3.8) is 0 Å². The third kappa shape index (κ3) is 4.62. The molecule has 0 radical (unpaired) electrons. The SMILES string of the molecule is COCCNCC(=O)N1CCCC(C)C1. The second kappa shape index (κ2) is 6.80. The molecule has 15 heavy (non-hydrogen) atoms. The number of carbonyl (C=O) groups is 1. The number of nitrogens with zero attached hydrogens (tertiary/aromatic N) is 1. The van der Waals surface area contributed by atoms with E-state index in [-0.39, 0.29) is 5.91 Å². The Balaban J connectivity index is 2.15. The lowest BCUT2D eigenvalue weighted by molar-refractivity contribution is -0.131. The second-order valence-electron chi connectivity index (χ2n) is 4.26. The minimum absolute atomic E-state index is 0.220. The maximum Gasteiger partial charge on any atom is 0.236 e. The van der Waals surface area contributed by atoms with Gasteiger partial charge in [0.25, 0.3) is 0 Å². The van der Waals surface area contributed by atoms with Gasteiger partial charge in [-0.2, -0.15) is 0 Å². The molecule has 88 valence electrons. The van der Waals surface area contributed by atoms with Crippen molar-refractivity contribution in [1.82, 2.24) is 10.2 Å². The topological polar surface area (TPSA) is 41.6 Å². The van der Waals surface area contributed by atoms with Crippen molar-refractivity contribution in [3.8, 4) is 0 Å². The van der Waals surface area contributed by atoms with Gasteiger partial charge in [0.2, 0.25) is 5.91 Å². The van der Waals surface area contributed by atoms with Gasteiger partial charge in [0.1, 0.15) is 0 Å². The van der Waals surface area contributed by atoms with Crippen molar-refractivity contribution in [2.24, 2.45) is 5.92 Å². The summed E-state index contributed by atoms with van der Waals surface area (Å²) in [6, 6.07) is 0. The lowest BCUT2D eigenvalue weighted by atomic mass is 10.0. The number of piperidine rings is 1. The molecular weight excluding hydrogens is 192 g/mol. The highest BCUT2D eigenvalue weighted by Crippen LogP contribution is 2.14. The van der Waals surface area contributed by atoms with E-state index >= 15 is 0 Å². The Bertz CT molecular complexity index is 197. The average molecular weight is 214 g/mol. The van der Waals surface area contributed by atoms with Crippen LogP contribution in [0.4, 0.5) is 0 Å². The van der Waals surface area contributed by atoms with Gasteiger partial charge in [-0.1, -0.05) is 6.92 Å². The number of likely N-dealkylation sites (tertiary alicyclic amines) is 1. The number of nitrogens with one attached hydrogen (secondary N) is 1. The van der Waals surface area contributed by atoms with Gasteiger partial charge in [0.05, 0.1) is 13.2 Å². The van der Waals surface area contributed by atoms with Gasteiger partial charge in [-0.15, -0.1) is 0 Å². The van der Waals surface area contributed by atoms with Crippen LogP contribution in [0.1, 0.15) is 19.8 Å². The minimum Gasteiger partial charge on any atom is -0.383 e. The third-order valence-corrected chi connectivity index (χ3v) is 2.77. The predicted molar refractivity (Wildman–Crippen MR) is 59.7 cm³/mol. The normalized spacial score (nSPS) is 21.7. The zero-order valence-electron chi connectivity index (χ0n) is 9.79. The summed E-state index contributed by atoms with van der Waals surface area (Å²) >= 11 is 0. The van der Waals surface area contributed by atoms with Gasteiger partial charge < -0.3 is 15.0 Å². The quantitative estimate of drug-likeness (QED) is 0.677. The minimum atomic E-state index is 0.220. The van der Waals surface area contributed by atoms with E-state index in [2.05, 4.69) is 12.2 Å². The summed E-state index contributed by atoms with van der Waals surface area (Å²) in [4.78, 5) is 13.7. The van der Waals surface area contributed by atoms with E-state index in [0.29, 0.717) is 19.1 Å². The van der Waals surface area contributed by atoms with Gasteiger partial charge in [0.15, 0.2) is 0 Å². The predicted octanol–water partition coefficient (Wildman–Crippen LogP) is 0.481. The molecule has 0 saturated carbocycles. The largest absolute Gasteiger partial charge is 0.383 e. The first kappa shape index (κ1) is 12.5. The smallest absolute Gasteiger partial charge is 0.236 e. The van der Waals surface area contributed by atoms with Crippen molar-refractivity contribution in [1.29, 1.82) is 0 Å². The van der Waals surface area contributed by atoms with Crippen LogP contribution in [0.25, 0.3) is 0 Å². The Morgan fingerprint density at radius 2 is 2.40 bits per heavy atom. The standard InChI is InChI=1S/C11H22N2O2/c1-10-4-3-6-13(9-10)11(14)8-12-5-7-15-2/h10,12H,3-9H2,1-2H3. The van der Waals surface area contributed by atoms with Gasteiger partial charge in [-0.05, 0) is 18.8 Å². The van der Waals surface area contributed by atoms with E-state index in [4.69, 9.17) is 4.74 Å². The van der Waals surface area contributed by atoms with Crippen LogP contribution in [0.15, 0.2) is 0 Å². The molecule has 0 spiro atoms. The van der Waals surface area contributed by atoms with Crippen LogP contribution in [0.5, 0.6) is 0 Å². The summed E-state index contributed by atoms with van der Waals surface area (Å²) in [5.74, 6) is 0.874. The van der Waals surface area contributed by atoms with Crippen molar-refractivity contribution >= 4 is 5.91 Å². The molecule has 1 amide bonds. The molecule has 1 fully saturated rings. The van der Waals surface area contributed by atoms with Crippen LogP contribution in [0, 0.1) is 5.92 Å². The number of methoxy groups -OCH3 is 1. The first-order valence-electron chi connectivity index (χ1n) is 5.71. The van der Waals surface area contributed by atoms with Crippen LogP contribution in [0.3, 0.4) is 0 Å². The molecule has 0 aliphatic carbocycles. The Morgan fingerprint density at radius 1 is 1.60 bits per heavy atom. The van der Waals surface area contributed by atoms with E-state index in [1.54, 1.807) is 7.11 Å². The van der Waals surface area contributed by atoms with E-state index in [9.17, 15) is 4.79 Å². The van der Waals surface area contributed by atoms with E-state index < -0.39 is 0 Å². The Hall–Kier alpha value is -0.610. The number of ether oxygens (including phenoxy) is 1. The van der Waals surface area contributed by atoms with Crippen LogP contribution in [-0.4, -0.2) is 50.7 Å². The molecule has 0 bridgehead atoms. The highest BCUT2D eigenvalue weighted by molar-refractivity contribution is 5.78. The molecule has 1 saturated heterocycles. The van der Waals surface area contributed by atoms with Crippen LogP contribution in [-0.2, 0) is 9.53 Å². The van der Waals surface area contributed by atoms with Crippen molar-refractivity contribution in [2.75, 3.05) is 39.9 Å². The van der Waals surface area contributed by atoms with Gasteiger partial charge in [-0.3, -0.25) is 4.79 Å². The zero-order chi connectivity index (χ0) is 11.1. The number of hydrogen-bond acceptors (Lipinski definition) is 3. The van der Waals surface area contributed by atoms with E-state index in [1.165, 1.54) is 6.42 Å². The van der Waals surface area contributed by atoms with Crippen molar-refractivity contribution in [3.05, 3.63) is 0 Å². The molecule has 1 unspecified atom stereocenters. The molecule has 0 aromatic heterocycles. The average Bonchev–Trinajstić information content (AvgIpc) is 2.24. The van der Waals surface area contributed by atoms with E-state index in [0.717, 1.165) is 26.1 Å². The van der Waals surface area contributed by atoms with Gasteiger partial charge in [0, 0.05) is 26.7 Å². The molecule has 1 aliphatic heterocycles. The lowest BCUT2D eigenvalue weighted by Gasteiger charge is -2.31. The van der Waals surface area contributed by atoms with Gasteiger partial charge in [-0.25, -0.2) is 0 Å². The first-order valence-corrected chi connectivity index (χ1v) is 5.71. The molecule has 4 nitrogen and oxygen atoms in total. The molecule has 1 aliphatic rings. The highest BCUT2D eigenvalue weighted by atomic mass is 16.5. The monoisotopic (exact) mass is 214 g/mol. The summed E-state index contributed by atoms with van der Waals surface area (Å²) in [6.45, 7) is 5.89. The number of rotatable bonds is 5. The fourth-order valence-electron chi connectivity index (χ4n) is 1.90. The fourth-order valence-corrected chi connectivity index (χ4v) is 1.90. The lowest BCUT2D eigenvalue weighted by Crippen LogP contribution is -2.43. The maximum absolute atomic E-state index is 11.7. The number of amides is 1. The second-order valence-corrected chi connectivity index (χ2v) is 4.26. The van der Waals surface area contributed by atoms with Crippen LogP contribution >= 0.6 is 0 Å². The highest BCUT2D eigenvalue weighted by Gasteiger charge is 2.19. The molecule has 1 rings (SSSR count). The van der Waals surface area contributed by atoms with E-state index in [1.807, 2.05) is 4.90 Å². The first-order chi connectivity index (χ1) is 7.24. The number of carbonyl (C=O) groups excluding carboxylic acids is 1. The molecule has 1 atom stereocenters. The molecule has 4 heteroatoms. The van der Waals surface area contributed by atoms with Crippen LogP contribution in [0.2, 0.25) is 0 Å².